The summed E-state index contributed by atoms with van der Waals surface area (Å²) in [6.07, 6.45) is 7.69. The van der Waals surface area contributed by atoms with Crippen molar-refractivity contribution in [2.24, 2.45) is 5.92 Å². The molecule has 1 aromatic rings. The van der Waals surface area contributed by atoms with Gasteiger partial charge < -0.3 is 15.4 Å². The van der Waals surface area contributed by atoms with Gasteiger partial charge in [0.15, 0.2) is 0 Å². The van der Waals surface area contributed by atoms with Crippen LogP contribution in [-0.4, -0.2) is 31.0 Å². The molecule has 0 radical (unpaired) electrons. The normalized spacial score (nSPS) is 13.7. The SMILES string of the molecule is C#CCN(CC1CC1)C(=O)c1ccc(N)cc1OC. The van der Waals surface area contributed by atoms with Gasteiger partial charge in [-0.25, -0.2) is 0 Å². The lowest BCUT2D eigenvalue weighted by Crippen LogP contribution is -2.33. The Morgan fingerprint density at radius 3 is 2.89 bits per heavy atom. The molecule has 1 fully saturated rings. The monoisotopic (exact) mass is 258 g/mol. The quantitative estimate of drug-likeness (QED) is 0.647. The summed E-state index contributed by atoms with van der Waals surface area (Å²) in [5.41, 5.74) is 6.77. The van der Waals surface area contributed by atoms with Gasteiger partial charge in [-0.2, -0.15) is 0 Å². The van der Waals surface area contributed by atoms with Gasteiger partial charge in [-0.05, 0) is 30.9 Å². The van der Waals surface area contributed by atoms with Crippen LogP contribution < -0.4 is 10.5 Å². The van der Waals surface area contributed by atoms with E-state index >= 15 is 0 Å². The first-order chi connectivity index (χ1) is 9.15. The average Bonchev–Trinajstić information content (AvgIpc) is 3.21. The second kappa shape index (κ2) is 5.66. The molecule has 1 aromatic carbocycles. The summed E-state index contributed by atoms with van der Waals surface area (Å²) in [6, 6.07) is 5.03. The summed E-state index contributed by atoms with van der Waals surface area (Å²) in [4.78, 5) is 14.2. The standard InChI is InChI=1S/C15H18N2O2/c1-3-8-17(10-11-4-5-11)15(18)13-7-6-12(16)9-14(13)19-2/h1,6-7,9,11H,4-5,8,10,16H2,2H3. The molecular weight excluding hydrogens is 240 g/mol. The number of hydrogen-bond donors (Lipinski definition) is 1. The number of carbonyl (C=O) groups is 1. The number of ether oxygens (including phenoxy) is 1. The van der Waals surface area contributed by atoms with Crippen LogP contribution in [0.1, 0.15) is 23.2 Å². The molecule has 2 rings (SSSR count). The Kier molecular flexibility index (Phi) is 3.96. The van der Waals surface area contributed by atoms with Crippen molar-refractivity contribution in [2.75, 3.05) is 25.9 Å². The van der Waals surface area contributed by atoms with Gasteiger partial charge in [-0.15, -0.1) is 6.42 Å². The molecule has 0 saturated heterocycles. The van der Waals surface area contributed by atoms with Gasteiger partial charge in [0.1, 0.15) is 5.75 Å². The Hall–Kier alpha value is -2.15. The van der Waals surface area contributed by atoms with Crippen LogP contribution in [0.25, 0.3) is 0 Å². The number of benzene rings is 1. The number of rotatable bonds is 5. The number of anilines is 1. The zero-order chi connectivity index (χ0) is 13.8. The maximum absolute atomic E-state index is 12.5. The number of methoxy groups -OCH3 is 1. The first kappa shape index (κ1) is 13.3. The van der Waals surface area contributed by atoms with E-state index in [9.17, 15) is 4.79 Å². The molecule has 100 valence electrons. The van der Waals surface area contributed by atoms with Crippen molar-refractivity contribution < 1.29 is 9.53 Å². The fourth-order valence-corrected chi connectivity index (χ4v) is 2.00. The largest absolute Gasteiger partial charge is 0.496 e. The molecule has 4 heteroatoms. The third kappa shape index (κ3) is 3.19. The predicted octanol–water partition coefficient (Wildman–Crippen LogP) is 1.76. The maximum atomic E-state index is 12.5. The number of terminal acetylenes is 1. The first-order valence-corrected chi connectivity index (χ1v) is 6.32. The fourth-order valence-electron chi connectivity index (χ4n) is 2.00. The van der Waals surface area contributed by atoms with Gasteiger partial charge in [-0.3, -0.25) is 4.79 Å². The number of nitrogens with zero attached hydrogens (tertiary/aromatic N) is 1. The number of nitrogen functional groups attached to an aromatic ring is 1. The van der Waals surface area contributed by atoms with Crippen LogP contribution in [0.4, 0.5) is 5.69 Å². The molecule has 0 heterocycles. The van der Waals surface area contributed by atoms with Crippen LogP contribution in [0.2, 0.25) is 0 Å². The molecule has 0 spiro atoms. The van der Waals surface area contributed by atoms with Crippen LogP contribution in [0.3, 0.4) is 0 Å². The van der Waals surface area contributed by atoms with Crippen molar-refractivity contribution in [1.29, 1.82) is 0 Å². The lowest BCUT2D eigenvalue weighted by molar-refractivity contribution is 0.0766. The number of amides is 1. The summed E-state index contributed by atoms with van der Waals surface area (Å²) < 4.78 is 5.22. The fraction of sp³-hybridized carbons (Fsp3) is 0.400. The molecule has 2 N–H and O–H groups in total. The number of carbonyl (C=O) groups excluding carboxylic acids is 1. The molecule has 1 amide bonds. The summed E-state index contributed by atoms with van der Waals surface area (Å²) in [6.45, 7) is 1.04. The van der Waals surface area contributed by atoms with Crippen LogP contribution in [0.15, 0.2) is 18.2 Å². The molecule has 1 aliphatic rings. The van der Waals surface area contributed by atoms with Gasteiger partial charge in [0.05, 0.1) is 19.2 Å². The first-order valence-electron chi connectivity index (χ1n) is 6.32. The van der Waals surface area contributed by atoms with Crippen LogP contribution >= 0.6 is 0 Å². The maximum Gasteiger partial charge on any atom is 0.258 e. The van der Waals surface area contributed by atoms with E-state index in [1.165, 1.54) is 20.0 Å². The Morgan fingerprint density at radius 1 is 1.58 bits per heavy atom. The second-order valence-corrected chi connectivity index (χ2v) is 4.79. The van der Waals surface area contributed by atoms with Crippen molar-refractivity contribution in [3.05, 3.63) is 23.8 Å². The minimum atomic E-state index is -0.0956. The average molecular weight is 258 g/mol. The van der Waals surface area contributed by atoms with Gasteiger partial charge in [0, 0.05) is 18.3 Å². The predicted molar refractivity (Wildman–Crippen MR) is 74.9 cm³/mol. The summed E-state index contributed by atoms with van der Waals surface area (Å²) in [5, 5.41) is 0. The summed E-state index contributed by atoms with van der Waals surface area (Å²) in [7, 11) is 1.53. The van der Waals surface area contributed by atoms with E-state index < -0.39 is 0 Å². The molecule has 0 aromatic heterocycles. The van der Waals surface area contributed by atoms with E-state index in [2.05, 4.69) is 5.92 Å². The minimum Gasteiger partial charge on any atom is -0.496 e. The molecule has 0 aliphatic heterocycles. The molecule has 19 heavy (non-hydrogen) atoms. The zero-order valence-corrected chi connectivity index (χ0v) is 11.1. The van der Waals surface area contributed by atoms with Crippen molar-refractivity contribution in [2.45, 2.75) is 12.8 Å². The molecule has 1 aliphatic carbocycles. The molecule has 0 unspecified atom stereocenters. The second-order valence-electron chi connectivity index (χ2n) is 4.79. The van der Waals surface area contributed by atoms with Crippen LogP contribution in [0.5, 0.6) is 5.75 Å². The lowest BCUT2D eigenvalue weighted by Gasteiger charge is -2.21. The van der Waals surface area contributed by atoms with Gasteiger partial charge in [0.2, 0.25) is 0 Å². The molecule has 1 saturated carbocycles. The van der Waals surface area contributed by atoms with Crippen molar-refractivity contribution >= 4 is 11.6 Å². The van der Waals surface area contributed by atoms with Crippen molar-refractivity contribution in [3.63, 3.8) is 0 Å². The Balaban J connectivity index is 2.22. The van der Waals surface area contributed by atoms with Crippen molar-refractivity contribution in [3.8, 4) is 18.1 Å². The molecular formula is C15H18N2O2. The van der Waals surface area contributed by atoms with Gasteiger partial charge in [-0.1, -0.05) is 5.92 Å². The Labute approximate surface area is 113 Å². The van der Waals surface area contributed by atoms with E-state index in [0.717, 1.165) is 6.54 Å². The van der Waals surface area contributed by atoms with E-state index in [1.807, 2.05) is 0 Å². The van der Waals surface area contributed by atoms with E-state index in [1.54, 1.807) is 23.1 Å². The minimum absolute atomic E-state index is 0.0956. The lowest BCUT2D eigenvalue weighted by atomic mass is 10.1. The highest BCUT2D eigenvalue weighted by Crippen LogP contribution is 2.31. The zero-order valence-electron chi connectivity index (χ0n) is 11.1. The summed E-state index contributed by atoms with van der Waals surface area (Å²) >= 11 is 0. The molecule has 0 bridgehead atoms. The summed E-state index contributed by atoms with van der Waals surface area (Å²) in [5.74, 6) is 3.53. The van der Waals surface area contributed by atoms with E-state index in [-0.39, 0.29) is 5.91 Å². The van der Waals surface area contributed by atoms with E-state index in [4.69, 9.17) is 16.9 Å². The third-order valence-electron chi connectivity index (χ3n) is 3.20. The highest BCUT2D eigenvalue weighted by Gasteiger charge is 2.28. The third-order valence-corrected chi connectivity index (χ3v) is 3.20. The Bertz CT molecular complexity index is 515. The van der Waals surface area contributed by atoms with Gasteiger partial charge >= 0.3 is 0 Å². The number of nitrogens with two attached hydrogens (primary N) is 1. The highest BCUT2D eigenvalue weighted by atomic mass is 16.5. The Morgan fingerprint density at radius 2 is 2.32 bits per heavy atom. The smallest absolute Gasteiger partial charge is 0.258 e. The number of hydrogen-bond acceptors (Lipinski definition) is 3. The van der Waals surface area contributed by atoms with E-state index in [0.29, 0.717) is 29.5 Å². The van der Waals surface area contributed by atoms with Crippen LogP contribution in [-0.2, 0) is 0 Å². The molecule has 4 nitrogen and oxygen atoms in total. The van der Waals surface area contributed by atoms with Gasteiger partial charge in [0.25, 0.3) is 5.91 Å². The van der Waals surface area contributed by atoms with Crippen LogP contribution in [0, 0.1) is 18.3 Å². The highest BCUT2D eigenvalue weighted by molar-refractivity contribution is 5.97. The van der Waals surface area contributed by atoms with Crippen molar-refractivity contribution in [1.82, 2.24) is 4.90 Å². The topological polar surface area (TPSA) is 55.6 Å². The molecule has 0 atom stereocenters.